The van der Waals surface area contributed by atoms with E-state index in [1.165, 1.54) is 6.20 Å². The summed E-state index contributed by atoms with van der Waals surface area (Å²) in [6.45, 7) is 0.504. The van der Waals surface area contributed by atoms with Crippen LogP contribution in [0.3, 0.4) is 0 Å². The van der Waals surface area contributed by atoms with E-state index in [2.05, 4.69) is 10.3 Å². The van der Waals surface area contributed by atoms with Gasteiger partial charge < -0.3 is 10.4 Å². The van der Waals surface area contributed by atoms with Crippen molar-refractivity contribution in [3.05, 3.63) is 16.3 Å². The van der Waals surface area contributed by atoms with Crippen molar-refractivity contribution in [1.82, 2.24) is 4.98 Å². The van der Waals surface area contributed by atoms with Gasteiger partial charge in [0.1, 0.15) is 6.20 Å². The summed E-state index contributed by atoms with van der Waals surface area (Å²) in [5, 5.41) is 23.2. The van der Waals surface area contributed by atoms with Crippen molar-refractivity contribution in [3.63, 3.8) is 0 Å². The predicted molar refractivity (Wildman–Crippen MR) is 75.0 cm³/mol. The Hall–Kier alpha value is -1.70. The highest BCUT2D eigenvalue weighted by molar-refractivity contribution is 7.18. The molecule has 0 aliphatic heterocycles. The van der Waals surface area contributed by atoms with Crippen LogP contribution in [-0.2, 0) is 4.79 Å². The third-order valence-corrected chi connectivity index (χ3v) is 4.64. The Morgan fingerprint density at radius 3 is 2.75 bits per heavy atom. The van der Waals surface area contributed by atoms with Crippen molar-refractivity contribution in [3.8, 4) is 0 Å². The summed E-state index contributed by atoms with van der Waals surface area (Å²) in [5.74, 6) is -0.793. The number of thiazole rings is 1. The lowest BCUT2D eigenvalue weighted by atomic mass is 9.72. The molecule has 0 amide bonds. The summed E-state index contributed by atoms with van der Waals surface area (Å²) >= 11 is 0.978. The first kappa shape index (κ1) is 14.7. The average molecular weight is 299 g/mol. The summed E-state index contributed by atoms with van der Waals surface area (Å²) in [5.41, 5.74) is -0.259. The van der Waals surface area contributed by atoms with Crippen LogP contribution in [0.4, 0.5) is 10.1 Å². The van der Waals surface area contributed by atoms with E-state index in [0.29, 0.717) is 11.7 Å². The molecule has 20 heavy (non-hydrogen) atoms. The van der Waals surface area contributed by atoms with Gasteiger partial charge in [0.2, 0.25) is 0 Å². The summed E-state index contributed by atoms with van der Waals surface area (Å²) in [4.78, 5) is 25.1. The number of carboxylic acids is 1. The Morgan fingerprint density at radius 2 is 2.20 bits per heavy atom. The van der Waals surface area contributed by atoms with Crippen LogP contribution in [0.5, 0.6) is 0 Å². The molecule has 0 aromatic carbocycles. The van der Waals surface area contributed by atoms with Crippen molar-refractivity contribution >= 4 is 27.4 Å². The Balaban J connectivity index is 2.00. The number of hydrogen-bond donors (Lipinski definition) is 2. The Bertz CT molecular complexity index is 497. The molecular formula is C12H17N3O4S. The zero-order chi connectivity index (χ0) is 14.6. The monoisotopic (exact) mass is 299 g/mol. The number of nitrogens with one attached hydrogen (secondary N) is 1. The number of aromatic nitrogens is 1. The van der Waals surface area contributed by atoms with E-state index in [1.807, 2.05) is 0 Å². The SMILES string of the molecule is O=C(O)CC1(CNc2ncc([N+](=O)[O-])s2)CCCCC1. The van der Waals surface area contributed by atoms with Crippen LogP contribution < -0.4 is 5.32 Å². The lowest BCUT2D eigenvalue weighted by Gasteiger charge is -2.36. The van der Waals surface area contributed by atoms with Crippen molar-refractivity contribution < 1.29 is 14.8 Å². The fraction of sp³-hybridized carbons (Fsp3) is 0.667. The molecule has 1 aromatic rings. The third kappa shape index (κ3) is 3.66. The molecule has 8 heteroatoms. The molecule has 0 bridgehead atoms. The molecule has 1 aliphatic rings. The minimum atomic E-state index is -0.793. The van der Waals surface area contributed by atoms with Crippen LogP contribution in [-0.4, -0.2) is 27.5 Å². The molecule has 1 aromatic heterocycles. The summed E-state index contributed by atoms with van der Waals surface area (Å²) in [6, 6.07) is 0. The molecule has 0 atom stereocenters. The van der Waals surface area contributed by atoms with Gasteiger partial charge in [0.05, 0.1) is 11.3 Å². The van der Waals surface area contributed by atoms with Gasteiger partial charge in [-0.15, -0.1) is 0 Å². The molecule has 1 fully saturated rings. The zero-order valence-electron chi connectivity index (χ0n) is 11.0. The minimum Gasteiger partial charge on any atom is -0.481 e. The zero-order valence-corrected chi connectivity index (χ0v) is 11.8. The lowest BCUT2D eigenvalue weighted by Crippen LogP contribution is -2.34. The maximum Gasteiger partial charge on any atom is 0.345 e. The highest BCUT2D eigenvalue weighted by atomic mass is 32.1. The van der Waals surface area contributed by atoms with E-state index in [1.54, 1.807) is 0 Å². The number of nitro groups is 1. The third-order valence-electron chi connectivity index (χ3n) is 3.73. The summed E-state index contributed by atoms with van der Waals surface area (Å²) < 4.78 is 0. The van der Waals surface area contributed by atoms with Gasteiger partial charge in [-0.2, -0.15) is 0 Å². The second-order valence-corrected chi connectivity index (χ2v) is 6.25. The number of rotatable bonds is 6. The molecule has 0 saturated heterocycles. The molecule has 0 radical (unpaired) electrons. The highest BCUT2D eigenvalue weighted by Crippen LogP contribution is 2.40. The summed E-state index contributed by atoms with van der Waals surface area (Å²) in [6.07, 6.45) is 6.31. The highest BCUT2D eigenvalue weighted by Gasteiger charge is 2.34. The first-order valence-electron chi connectivity index (χ1n) is 6.57. The average Bonchev–Trinajstić information content (AvgIpc) is 2.86. The number of carboxylic acid groups (broad SMARTS) is 1. The quantitative estimate of drug-likeness (QED) is 0.618. The Morgan fingerprint density at radius 1 is 1.50 bits per heavy atom. The van der Waals surface area contributed by atoms with Gasteiger partial charge >= 0.3 is 11.0 Å². The molecule has 1 saturated carbocycles. The topological polar surface area (TPSA) is 105 Å². The number of hydrogen-bond acceptors (Lipinski definition) is 6. The number of carbonyl (C=O) groups is 1. The normalized spacial score (nSPS) is 17.6. The molecule has 2 N–H and O–H groups in total. The predicted octanol–water partition coefficient (Wildman–Crippen LogP) is 2.89. The molecular weight excluding hydrogens is 282 g/mol. The fourth-order valence-corrected chi connectivity index (χ4v) is 3.36. The van der Waals surface area contributed by atoms with Crippen molar-refractivity contribution in [2.75, 3.05) is 11.9 Å². The molecule has 2 rings (SSSR count). The van der Waals surface area contributed by atoms with E-state index >= 15 is 0 Å². The maximum atomic E-state index is 11.0. The molecule has 0 unspecified atom stereocenters. The van der Waals surface area contributed by atoms with Gasteiger partial charge in [0.25, 0.3) is 0 Å². The molecule has 1 heterocycles. The lowest BCUT2D eigenvalue weighted by molar-refractivity contribution is -0.380. The smallest absolute Gasteiger partial charge is 0.345 e. The van der Waals surface area contributed by atoms with Gasteiger partial charge in [0.15, 0.2) is 5.13 Å². The van der Waals surface area contributed by atoms with Gasteiger partial charge in [-0.25, -0.2) is 4.98 Å². The molecule has 0 spiro atoms. The number of anilines is 1. The summed E-state index contributed by atoms with van der Waals surface area (Å²) in [7, 11) is 0. The van der Waals surface area contributed by atoms with Gasteiger partial charge in [-0.05, 0) is 29.6 Å². The number of nitrogens with zero attached hydrogens (tertiary/aromatic N) is 2. The van der Waals surface area contributed by atoms with E-state index in [-0.39, 0.29) is 16.8 Å². The van der Waals surface area contributed by atoms with Crippen LogP contribution in [0.1, 0.15) is 38.5 Å². The minimum absolute atomic E-state index is 0.0107. The Kier molecular flexibility index (Phi) is 4.53. The maximum absolute atomic E-state index is 11.0. The van der Waals surface area contributed by atoms with Gasteiger partial charge in [0, 0.05) is 6.54 Å². The van der Waals surface area contributed by atoms with Crippen LogP contribution >= 0.6 is 11.3 Å². The van der Waals surface area contributed by atoms with Crippen molar-refractivity contribution in [2.24, 2.45) is 5.41 Å². The molecule has 1 aliphatic carbocycles. The second-order valence-electron chi connectivity index (χ2n) is 5.25. The first-order valence-corrected chi connectivity index (χ1v) is 7.38. The fourth-order valence-electron chi connectivity index (χ4n) is 2.73. The molecule has 7 nitrogen and oxygen atoms in total. The van der Waals surface area contributed by atoms with E-state index in [0.717, 1.165) is 43.4 Å². The van der Waals surface area contributed by atoms with E-state index in [4.69, 9.17) is 5.11 Å². The van der Waals surface area contributed by atoms with Crippen LogP contribution in [0.2, 0.25) is 0 Å². The van der Waals surface area contributed by atoms with E-state index < -0.39 is 10.9 Å². The van der Waals surface area contributed by atoms with Gasteiger partial charge in [-0.1, -0.05) is 19.3 Å². The van der Waals surface area contributed by atoms with Crippen LogP contribution in [0.25, 0.3) is 0 Å². The van der Waals surface area contributed by atoms with Crippen LogP contribution in [0.15, 0.2) is 6.20 Å². The van der Waals surface area contributed by atoms with E-state index in [9.17, 15) is 14.9 Å². The Labute approximate surface area is 120 Å². The number of aliphatic carboxylic acids is 1. The standard InChI is InChI=1S/C12H17N3O4S/c16-10(17)6-12(4-2-1-3-5-12)8-14-11-13-7-9(20-11)15(18)19/h7H,1-6,8H2,(H,13,14)(H,16,17). The van der Waals surface area contributed by atoms with Crippen LogP contribution in [0, 0.1) is 15.5 Å². The second kappa shape index (κ2) is 6.17. The van der Waals surface area contributed by atoms with Gasteiger partial charge in [-0.3, -0.25) is 14.9 Å². The van der Waals surface area contributed by atoms with Crippen molar-refractivity contribution in [2.45, 2.75) is 38.5 Å². The first-order chi connectivity index (χ1) is 9.51. The largest absolute Gasteiger partial charge is 0.481 e. The van der Waals surface area contributed by atoms with Crippen molar-refractivity contribution in [1.29, 1.82) is 0 Å². The molecule has 110 valence electrons.